The number of aryl methyl sites for hydroxylation is 1. The Hall–Kier alpha value is -2.09. The minimum Gasteiger partial charge on any atom is -0.457 e. The molecule has 5 atom stereocenters. The highest BCUT2D eigenvalue weighted by Gasteiger charge is 2.42. The van der Waals surface area contributed by atoms with Gasteiger partial charge in [-0.1, -0.05) is 58.4 Å². The predicted molar refractivity (Wildman–Crippen MR) is 141 cm³/mol. The number of rotatable bonds is 3. The smallest absolute Gasteiger partial charge is 0.309 e. The minimum atomic E-state index is -1.23. The van der Waals surface area contributed by atoms with Crippen molar-refractivity contribution in [2.24, 2.45) is 17.3 Å². The number of ether oxygens (including phenoxy) is 1. The van der Waals surface area contributed by atoms with E-state index in [0.29, 0.717) is 12.8 Å². The van der Waals surface area contributed by atoms with Crippen molar-refractivity contribution in [3.8, 4) is 0 Å². The van der Waals surface area contributed by atoms with Gasteiger partial charge in [-0.05, 0) is 44.3 Å². The van der Waals surface area contributed by atoms with Gasteiger partial charge in [-0.25, -0.2) is 4.98 Å². The number of carbonyl (C=O) groups is 2. The standard InChI is InChI=1S/C28H41NO5S/c1-8-21-11-9-10-17(2)26(32)19(4)27(33)28(6,7)24(30)15-25(31)34-23(13-12-21)18(3)14-22-16-35-20(5)29-22/h9,11-12,14,16-17,19,23-24,26,30,32H,8,10,13,15H2,1-7H3/t17-,19+,23-,24-,26-/m0/s1. The quantitative estimate of drug-likeness (QED) is 0.534. The Kier molecular flexibility index (Phi) is 10.6. The highest BCUT2D eigenvalue weighted by molar-refractivity contribution is 7.09. The van der Waals surface area contributed by atoms with Crippen molar-refractivity contribution < 1.29 is 24.5 Å². The highest BCUT2D eigenvalue weighted by atomic mass is 32.1. The van der Waals surface area contributed by atoms with Gasteiger partial charge in [0.25, 0.3) is 0 Å². The van der Waals surface area contributed by atoms with E-state index in [1.165, 1.54) is 0 Å². The van der Waals surface area contributed by atoms with Gasteiger partial charge >= 0.3 is 5.97 Å². The van der Waals surface area contributed by atoms with Crippen molar-refractivity contribution in [1.29, 1.82) is 0 Å². The van der Waals surface area contributed by atoms with Gasteiger partial charge in [-0.15, -0.1) is 11.3 Å². The fraction of sp³-hybridized carbons (Fsp3) is 0.607. The molecule has 0 unspecified atom stereocenters. The van der Waals surface area contributed by atoms with Crippen LogP contribution in [0.2, 0.25) is 0 Å². The van der Waals surface area contributed by atoms with Crippen molar-refractivity contribution in [3.05, 3.63) is 45.5 Å². The Balaban J connectivity index is 2.41. The highest BCUT2D eigenvalue weighted by Crippen LogP contribution is 2.32. The van der Waals surface area contributed by atoms with Crippen LogP contribution < -0.4 is 0 Å². The molecule has 0 amide bonds. The van der Waals surface area contributed by atoms with E-state index in [1.54, 1.807) is 32.1 Å². The molecule has 1 aliphatic rings. The summed E-state index contributed by atoms with van der Waals surface area (Å²) in [5, 5.41) is 24.6. The zero-order chi connectivity index (χ0) is 26.3. The van der Waals surface area contributed by atoms with Crippen LogP contribution in [0.1, 0.15) is 77.9 Å². The maximum absolute atomic E-state index is 13.2. The predicted octanol–water partition coefficient (Wildman–Crippen LogP) is 5.43. The zero-order valence-electron chi connectivity index (χ0n) is 22.1. The molecule has 2 heterocycles. The second-order valence-corrected chi connectivity index (χ2v) is 11.3. The molecule has 0 aliphatic carbocycles. The fourth-order valence-electron chi connectivity index (χ4n) is 4.28. The molecule has 0 aromatic carbocycles. The molecule has 0 saturated carbocycles. The summed E-state index contributed by atoms with van der Waals surface area (Å²) in [4.78, 5) is 30.6. The lowest BCUT2D eigenvalue weighted by Crippen LogP contribution is -2.45. The van der Waals surface area contributed by atoms with Crippen molar-refractivity contribution >= 4 is 29.2 Å². The third kappa shape index (κ3) is 7.95. The fourth-order valence-corrected chi connectivity index (χ4v) is 4.85. The van der Waals surface area contributed by atoms with Gasteiger partial charge in [0.1, 0.15) is 11.9 Å². The zero-order valence-corrected chi connectivity index (χ0v) is 22.9. The van der Waals surface area contributed by atoms with E-state index in [4.69, 9.17) is 4.74 Å². The molecule has 0 bridgehead atoms. The van der Waals surface area contributed by atoms with Gasteiger partial charge in [0, 0.05) is 17.7 Å². The number of aromatic nitrogens is 1. The molecule has 0 radical (unpaired) electrons. The monoisotopic (exact) mass is 503 g/mol. The average Bonchev–Trinajstić information content (AvgIpc) is 3.21. The maximum atomic E-state index is 13.2. The first-order chi connectivity index (χ1) is 16.4. The minimum absolute atomic E-state index is 0.131. The number of nitrogens with zero attached hydrogens (tertiary/aromatic N) is 1. The van der Waals surface area contributed by atoms with Gasteiger partial charge in [0.2, 0.25) is 0 Å². The van der Waals surface area contributed by atoms with Crippen LogP contribution in [0, 0.1) is 24.2 Å². The lowest BCUT2D eigenvalue weighted by molar-refractivity contribution is -0.154. The summed E-state index contributed by atoms with van der Waals surface area (Å²) in [6.45, 7) is 12.8. The van der Waals surface area contributed by atoms with Crippen molar-refractivity contribution in [2.45, 2.75) is 92.5 Å². The molecular formula is C28H41NO5S. The van der Waals surface area contributed by atoms with Gasteiger partial charge in [-0.2, -0.15) is 0 Å². The lowest BCUT2D eigenvalue weighted by atomic mass is 9.73. The topological polar surface area (TPSA) is 96.7 Å². The Morgan fingerprint density at radius 2 is 1.94 bits per heavy atom. The Labute approximate surface area is 213 Å². The van der Waals surface area contributed by atoms with Gasteiger partial charge in [0.15, 0.2) is 0 Å². The van der Waals surface area contributed by atoms with Crippen LogP contribution in [0.5, 0.6) is 0 Å². The largest absolute Gasteiger partial charge is 0.457 e. The second-order valence-electron chi connectivity index (χ2n) is 10.2. The van der Waals surface area contributed by atoms with E-state index in [-0.39, 0.29) is 18.1 Å². The number of aliphatic hydroxyl groups excluding tert-OH is 2. The SMILES string of the molecule is CCC1=CC[C@@H](C(C)=Cc2csc(C)n2)OC(=O)C[C@H](O)C(C)(C)C(=O)[C@H](C)[C@@H](O)[C@@H](C)CC=C1. The molecule has 1 aromatic heterocycles. The number of ketones is 1. The molecule has 1 aromatic rings. The van der Waals surface area contributed by atoms with Gasteiger partial charge < -0.3 is 14.9 Å². The Morgan fingerprint density at radius 1 is 1.26 bits per heavy atom. The van der Waals surface area contributed by atoms with Gasteiger partial charge in [-0.3, -0.25) is 9.59 Å². The summed E-state index contributed by atoms with van der Waals surface area (Å²) in [6.07, 6.45) is 7.07. The van der Waals surface area contributed by atoms with Crippen LogP contribution in [0.15, 0.2) is 34.8 Å². The van der Waals surface area contributed by atoms with Crippen molar-refractivity contribution in [1.82, 2.24) is 4.98 Å². The molecule has 1 aliphatic heterocycles. The van der Waals surface area contributed by atoms with E-state index in [0.717, 1.165) is 28.3 Å². The molecule has 194 valence electrons. The molecule has 0 spiro atoms. The molecule has 0 saturated heterocycles. The van der Waals surface area contributed by atoms with E-state index in [2.05, 4.69) is 18.0 Å². The van der Waals surface area contributed by atoms with Crippen LogP contribution in [0.25, 0.3) is 6.08 Å². The Bertz CT molecular complexity index is 974. The third-order valence-electron chi connectivity index (χ3n) is 6.97. The number of thiazole rings is 1. The maximum Gasteiger partial charge on any atom is 0.309 e. The van der Waals surface area contributed by atoms with Crippen molar-refractivity contribution in [2.75, 3.05) is 0 Å². The van der Waals surface area contributed by atoms with Crippen LogP contribution in [-0.2, 0) is 14.3 Å². The molecule has 35 heavy (non-hydrogen) atoms. The summed E-state index contributed by atoms with van der Waals surface area (Å²) in [5.74, 6) is -1.64. The Morgan fingerprint density at radius 3 is 2.54 bits per heavy atom. The van der Waals surface area contributed by atoms with E-state index < -0.39 is 35.6 Å². The van der Waals surface area contributed by atoms with Crippen LogP contribution in [-0.4, -0.2) is 45.3 Å². The molecule has 6 nitrogen and oxygen atoms in total. The normalized spacial score (nSPS) is 29.6. The first kappa shape index (κ1) is 29.1. The van der Waals surface area contributed by atoms with Crippen LogP contribution in [0.3, 0.4) is 0 Å². The molecular weight excluding hydrogens is 462 g/mol. The average molecular weight is 504 g/mol. The van der Waals surface area contributed by atoms with Crippen LogP contribution in [0.4, 0.5) is 0 Å². The summed E-state index contributed by atoms with van der Waals surface area (Å²) >= 11 is 1.56. The number of Topliss-reactive ketones (excluding diaryl/α,β-unsaturated/α-hetero) is 1. The summed E-state index contributed by atoms with van der Waals surface area (Å²) < 4.78 is 5.83. The summed E-state index contributed by atoms with van der Waals surface area (Å²) in [5.41, 5.74) is 1.57. The number of aliphatic hydroxyl groups is 2. The molecule has 2 N–H and O–H groups in total. The summed E-state index contributed by atoms with van der Waals surface area (Å²) in [6, 6.07) is 0. The summed E-state index contributed by atoms with van der Waals surface area (Å²) in [7, 11) is 0. The third-order valence-corrected chi connectivity index (χ3v) is 7.76. The second kappa shape index (κ2) is 12.7. The van der Waals surface area contributed by atoms with Gasteiger partial charge in [0.05, 0.1) is 34.7 Å². The van der Waals surface area contributed by atoms with Crippen LogP contribution >= 0.6 is 11.3 Å². The molecule has 0 fully saturated rings. The molecule has 2 rings (SSSR count). The first-order valence-electron chi connectivity index (χ1n) is 12.4. The molecule has 7 heteroatoms. The van der Waals surface area contributed by atoms with E-state index in [9.17, 15) is 19.8 Å². The van der Waals surface area contributed by atoms with Crippen molar-refractivity contribution in [3.63, 3.8) is 0 Å². The first-order valence-corrected chi connectivity index (χ1v) is 13.3. The number of allylic oxidation sites excluding steroid dienone is 3. The number of hydrogen-bond acceptors (Lipinski definition) is 7. The number of cyclic esters (lactones) is 1. The lowest BCUT2D eigenvalue weighted by Gasteiger charge is -2.34. The number of hydrogen-bond donors (Lipinski definition) is 2. The number of esters is 1. The van der Waals surface area contributed by atoms with E-state index >= 15 is 0 Å². The number of carbonyl (C=O) groups excluding carboxylic acids is 2. The van der Waals surface area contributed by atoms with E-state index in [1.807, 2.05) is 44.4 Å².